The van der Waals surface area contributed by atoms with E-state index in [1.54, 1.807) is 10.9 Å². The summed E-state index contributed by atoms with van der Waals surface area (Å²) in [5.41, 5.74) is 1.75. The number of carbonyl (C=O) groups is 1. The van der Waals surface area contributed by atoms with Gasteiger partial charge in [-0.2, -0.15) is 0 Å². The van der Waals surface area contributed by atoms with E-state index in [2.05, 4.69) is 28.5 Å². The number of para-hydroxylation sites is 1. The Morgan fingerprint density at radius 3 is 2.83 bits per heavy atom. The van der Waals surface area contributed by atoms with E-state index in [0.717, 1.165) is 44.5 Å². The molecule has 1 aromatic heterocycles. The molecule has 0 aliphatic carbocycles. The quantitative estimate of drug-likeness (QED) is 0.849. The summed E-state index contributed by atoms with van der Waals surface area (Å²) in [6.07, 6.45) is 5.39. The minimum absolute atomic E-state index is 0.0212. The Morgan fingerprint density at radius 1 is 1.25 bits per heavy atom. The molecule has 1 fully saturated rings. The van der Waals surface area contributed by atoms with Gasteiger partial charge in [0.2, 0.25) is 0 Å². The third-order valence-corrected chi connectivity index (χ3v) is 5.25. The van der Waals surface area contributed by atoms with Crippen molar-refractivity contribution in [2.75, 3.05) is 13.1 Å². The molecule has 2 aliphatic heterocycles. The molecule has 4 rings (SSSR count). The molecule has 0 unspecified atom stereocenters. The van der Waals surface area contributed by atoms with Crippen LogP contribution in [0.4, 0.5) is 0 Å². The van der Waals surface area contributed by atoms with Gasteiger partial charge in [0.1, 0.15) is 17.0 Å². The summed E-state index contributed by atoms with van der Waals surface area (Å²) in [7, 11) is 0. The number of hydrogen-bond donors (Lipinski definition) is 0. The fourth-order valence-electron chi connectivity index (χ4n) is 3.74. The molecule has 2 aromatic rings. The lowest BCUT2D eigenvalue weighted by atomic mass is 9.83. The molecule has 0 N–H and O–H groups in total. The van der Waals surface area contributed by atoms with Gasteiger partial charge in [0.15, 0.2) is 0 Å². The standard InChI is InChI=1S/C18H22N4O2/c1-2-22-15(13-19-20-22)17(23)21-11-9-18(10-12-21)8-7-14-5-3-4-6-16(14)24-18/h3-6,13H,2,7-12H2,1H3. The molecule has 2 aliphatic rings. The molecule has 6 nitrogen and oxygen atoms in total. The first kappa shape index (κ1) is 15.2. The Balaban J connectivity index is 1.45. The van der Waals surface area contributed by atoms with E-state index in [-0.39, 0.29) is 11.5 Å². The molecule has 1 aromatic carbocycles. The van der Waals surface area contributed by atoms with Crippen molar-refractivity contribution in [1.82, 2.24) is 19.9 Å². The van der Waals surface area contributed by atoms with E-state index >= 15 is 0 Å². The second kappa shape index (κ2) is 5.92. The van der Waals surface area contributed by atoms with Gasteiger partial charge in [-0.3, -0.25) is 4.79 Å². The van der Waals surface area contributed by atoms with Crippen molar-refractivity contribution in [3.05, 3.63) is 41.7 Å². The van der Waals surface area contributed by atoms with E-state index in [1.807, 2.05) is 17.9 Å². The van der Waals surface area contributed by atoms with Crippen LogP contribution in [0, 0.1) is 0 Å². The Bertz CT molecular complexity index is 747. The van der Waals surface area contributed by atoms with Crippen LogP contribution in [-0.2, 0) is 13.0 Å². The lowest BCUT2D eigenvalue weighted by Gasteiger charge is -2.44. The number of aromatic nitrogens is 3. The maximum absolute atomic E-state index is 12.7. The highest BCUT2D eigenvalue weighted by atomic mass is 16.5. The minimum Gasteiger partial charge on any atom is -0.487 e. The summed E-state index contributed by atoms with van der Waals surface area (Å²) in [6.45, 7) is 4.05. The monoisotopic (exact) mass is 326 g/mol. The van der Waals surface area contributed by atoms with Gasteiger partial charge in [-0.1, -0.05) is 23.4 Å². The Labute approximate surface area is 141 Å². The van der Waals surface area contributed by atoms with Gasteiger partial charge in [-0.25, -0.2) is 4.68 Å². The van der Waals surface area contributed by atoms with E-state index in [0.29, 0.717) is 12.2 Å². The molecule has 1 spiro atoms. The van der Waals surface area contributed by atoms with Crippen LogP contribution in [0.5, 0.6) is 5.75 Å². The van der Waals surface area contributed by atoms with Gasteiger partial charge < -0.3 is 9.64 Å². The van der Waals surface area contributed by atoms with Crippen molar-refractivity contribution in [1.29, 1.82) is 0 Å². The first-order valence-electron chi connectivity index (χ1n) is 8.65. The number of hydrogen-bond acceptors (Lipinski definition) is 4. The molecule has 0 atom stereocenters. The van der Waals surface area contributed by atoms with E-state index < -0.39 is 0 Å². The fraction of sp³-hybridized carbons (Fsp3) is 0.500. The van der Waals surface area contributed by atoms with Crippen molar-refractivity contribution in [2.24, 2.45) is 0 Å². The predicted octanol–water partition coefficient (Wildman–Crippen LogP) is 2.30. The van der Waals surface area contributed by atoms with E-state index in [9.17, 15) is 4.79 Å². The van der Waals surface area contributed by atoms with Gasteiger partial charge in [0, 0.05) is 32.5 Å². The summed E-state index contributed by atoms with van der Waals surface area (Å²) >= 11 is 0. The van der Waals surface area contributed by atoms with Crippen LogP contribution in [0.2, 0.25) is 0 Å². The zero-order chi connectivity index (χ0) is 16.6. The average Bonchev–Trinajstić information content (AvgIpc) is 3.10. The van der Waals surface area contributed by atoms with Gasteiger partial charge in [-0.15, -0.1) is 5.10 Å². The third-order valence-electron chi connectivity index (χ3n) is 5.25. The van der Waals surface area contributed by atoms with Crippen molar-refractivity contribution in [3.63, 3.8) is 0 Å². The second-order valence-corrected chi connectivity index (χ2v) is 6.62. The van der Waals surface area contributed by atoms with Crippen LogP contribution in [0.25, 0.3) is 0 Å². The molecule has 0 bridgehead atoms. The fourth-order valence-corrected chi connectivity index (χ4v) is 3.74. The number of carbonyl (C=O) groups excluding carboxylic acids is 1. The maximum Gasteiger partial charge on any atom is 0.273 e. The van der Waals surface area contributed by atoms with Crippen LogP contribution in [0.1, 0.15) is 42.2 Å². The molecule has 1 saturated heterocycles. The SMILES string of the molecule is CCn1nncc1C(=O)N1CCC2(CCc3ccccc3O2)CC1. The van der Waals surface area contributed by atoms with Crippen molar-refractivity contribution >= 4 is 5.91 Å². The van der Waals surface area contributed by atoms with Crippen LogP contribution in [-0.4, -0.2) is 44.5 Å². The summed E-state index contributed by atoms with van der Waals surface area (Å²) < 4.78 is 8.01. The Hall–Kier alpha value is -2.37. The molecule has 0 saturated carbocycles. The summed E-state index contributed by atoms with van der Waals surface area (Å²) in [4.78, 5) is 14.6. The highest BCUT2D eigenvalue weighted by Gasteiger charge is 2.40. The minimum atomic E-state index is -0.117. The number of piperidine rings is 1. The number of fused-ring (bicyclic) bond motifs is 1. The number of aryl methyl sites for hydroxylation is 2. The first-order chi connectivity index (χ1) is 11.7. The topological polar surface area (TPSA) is 60.2 Å². The number of nitrogens with zero attached hydrogens (tertiary/aromatic N) is 4. The van der Waals surface area contributed by atoms with Gasteiger partial charge >= 0.3 is 0 Å². The Kier molecular flexibility index (Phi) is 3.75. The summed E-state index contributed by atoms with van der Waals surface area (Å²) in [6, 6.07) is 8.28. The zero-order valence-electron chi connectivity index (χ0n) is 13.9. The molecular weight excluding hydrogens is 304 g/mol. The molecule has 6 heteroatoms. The Morgan fingerprint density at radius 2 is 2.04 bits per heavy atom. The normalized spacial score (nSPS) is 19.0. The highest BCUT2D eigenvalue weighted by Crippen LogP contribution is 2.39. The second-order valence-electron chi connectivity index (χ2n) is 6.62. The molecule has 24 heavy (non-hydrogen) atoms. The molecule has 1 amide bonds. The van der Waals surface area contributed by atoms with E-state index in [4.69, 9.17) is 4.74 Å². The number of ether oxygens (including phenoxy) is 1. The number of benzene rings is 1. The zero-order valence-corrected chi connectivity index (χ0v) is 13.9. The first-order valence-corrected chi connectivity index (χ1v) is 8.65. The number of rotatable bonds is 2. The van der Waals surface area contributed by atoms with E-state index in [1.165, 1.54) is 5.56 Å². The van der Waals surface area contributed by atoms with Crippen molar-refractivity contribution in [2.45, 2.75) is 44.8 Å². The lowest BCUT2D eigenvalue weighted by Crippen LogP contribution is -2.51. The summed E-state index contributed by atoms with van der Waals surface area (Å²) in [5, 5.41) is 7.81. The molecular formula is C18H22N4O2. The lowest BCUT2D eigenvalue weighted by molar-refractivity contribution is -0.0109. The smallest absolute Gasteiger partial charge is 0.273 e. The van der Waals surface area contributed by atoms with Gasteiger partial charge in [-0.05, 0) is 31.4 Å². The van der Waals surface area contributed by atoms with Crippen LogP contribution in [0.15, 0.2) is 30.5 Å². The van der Waals surface area contributed by atoms with Crippen LogP contribution >= 0.6 is 0 Å². The molecule has 0 radical (unpaired) electrons. The van der Waals surface area contributed by atoms with Crippen LogP contribution in [0.3, 0.4) is 0 Å². The molecule has 126 valence electrons. The predicted molar refractivity (Wildman–Crippen MR) is 89.0 cm³/mol. The highest BCUT2D eigenvalue weighted by molar-refractivity contribution is 5.92. The van der Waals surface area contributed by atoms with Crippen molar-refractivity contribution < 1.29 is 9.53 Å². The number of amides is 1. The molecule has 3 heterocycles. The van der Waals surface area contributed by atoms with Crippen LogP contribution < -0.4 is 4.74 Å². The van der Waals surface area contributed by atoms with Gasteiger partial charge in [0.25, 0.3) is 5.91 Å². The maximum atomic E-state index is 12.7. The van der Waals surface area contributed by atoms with Gasteiger partial charge in [0.05, 0.1) is 6.20 Å². The summed E-state index contributed by atoms with van der Waals surface area (Å²) in [5.74, 6) is 1.03. The average molecular weight is 326 g/mol. The number of likely N-dealkylation sites (tertiary alicyclic amines) is 1. The van der Waals surface area contributed by atoms with Crippen molar-refractivity contribution in [3.8, 4) is 5.75 Å². The third kappa shape index (κ3) is 2.56. The largest absolute Gasteiger partial charge is 0.487 e.